The van der Waals surface area contributed by atoms with Crippen molar-refractivity contribution < 1.29 is 22.0 Å². The summed E-state index contributed by atoms with van der Waals surface area (Å²) in [6, 6.07) is 10.5. The van der Waals surface area contributed by atoms with Gasteiger partial charge in [-0.1, -0.05) is 0 Å². The van der Waals surface area contributed by atoms with Crippen LogP contribution in [-0.2, 0) is 14.8 Å². The van der Waals surface area contributed by atoms with Gasteiger partial charge in [-0.05, 0) is 49.9 Å². The SMILES string of the molecule is CN1CCN(c2ccc(NC(=O)CCCN(c3ccc(F)c(F)c3)S(C)(=O)=O)cc2)CC1. The molecule has 1 aliphatic heterocycles. The minimum absolute atomic E-state index is 0.0197. The molecule has 10 heteroatoms. The lowest BCUT2D eigenvalue weighted by molar-refractivity contribution is -0.116. The van der Waals surface area contributed by atoms with Crippen molar-refractivity contribution in [3.8, 4) is 0 Å². The van der Waals surface area contributed by atoms with E-state index in [2.05, 4.69) is 22.2 Å². The zero-order valence-corrected chi connectivity index (χ0v) is 19.0. The predicted molar refractivity (Wildman–Crippen MR) is 123 cm³/mol. The zero-order valence-electron chi connectivity index (χ0n) is 18.2. The second kappa shape index (κ2) is 10.3. The van der Waals surface area contributed by atoms with E-state index in [0.29, 0.717) is 5.69 Å². The van der Waals surface area contributed by atoms with Crippen molar-refractivity contribution in [1.29, 1.82) is 0 Å². The Morgan fingerprint density at radius 3 is 2.28 bits per heavy atom. The zero-order chi connectivity index (χ0) is 23.3. The van der Waals surface area contributed by atoms with Crippen LogP contribution in [0, 0.1) is 11.6 Å². The minimum atomic E-state index is -3.72. The van der Waals surface area contributed by atoms with Crippen LogP contribution in [0.2, 0.25) is 0 Å². The van der Waals surface area contributed by atoms with Gasteiger partial charge in [-0.25, -0.2) is 17.2 Å². The lowest BCUT2D eigenvalue weighted by Gasteiger charge is -2.34. The number of sulfonamides is 1. The maximum Gasteiger partial charge on any atom is 0.232 e. The number of carbonyl (C=O) groups is 1. The molecule has 1 N–H and O–H groups in total. The Bertz CT molecular complexity index is 1040. The molecule has 0 radical (unpaired) electrons. The molecule has 1 fully saturated rings. The largest absolute Gasteiger partial charge is 0.369 e. The average molecular weight is 467 g/mol. The first kappa shape index (κ1) is 23.9. The van der Waals surface area contributed by atoms with Crippen molar-refractivity contribution in [1.82, 2.24) is 4.90 Å². The maximum atomic E-state index is 13.5. The van der Waals surface area contributed by atoms with E-state index in [1.165, 1.54) is 6.07 Å². The van der Waals surface area contributed by atoms with Crippen LogP contribution in [0.25, 0.3) is 0 Å². The first-order valence-corrected chi connectivity index (χ1v) is 12.2. The van der Waals surface area contributed by atoms with E-state index in [1.807, 2.05) is 24.3 Å². The summed E-state index contributed by atoms with van der Waals surface area (Å²) in [5, 5.41) is 2.80. The fourth-order valence-corrected chi connectivity index (χ4v) is 4.51. The van der Waals surface area contributed by atoms with E-state index in [1.54, 1.807) is 0 Å². The molecule has 0 atom stereocenters. The van der Waals surface area contributed by atoms with Gasteiger partial charge in [0.2, 0.25) is 15.9 Å². The smallest absolute Gasteiger partial charge is 0.232 e. The van der Waals surface area contributed by atoms with Crippen LogP contribution in [0.4, 0.5) is 25.8 Å². The molecule has 174 valence electrons. The summed E-state index contributed by atoms with van der Waals surface area (Å²) in [5.74, 6) is -2.44. The third-order valence-electron chi connectivity index (χ3n) is 5.38. The van der Waals surface area contributed by atoms with Crippen LogP contribution < -0.4 is 14.5 Å². The average Bonchev–Trinajstić information content (AvgIpc) is 2.74. The van der Waals surface area contributed by atoms with E-state index in [9.17, 15) is 22.0 Å². The molecule has 1 heterocycles. The van der Waals surface area contributed by atoms with Crippen molar-refractivity contribution in [2.45, 2.75) is 12.8 Å². The van der Waals surface area contributed by atoms with Crippen LogP contribution in [0.1, 0.15) is 12.8 Å². The molecule has 7 nitrogen and oxygen atoms in total. The molecule has 2 aromatic rings. The minimum Gasteiger partial charge on any atom is -0.369 e. The summed E-state index contributed by atoms with van der Waals surface area (Å²) in [6.07, 6.45) is 1.28. The summed E-state index contributed by atoms with van der Waals surface area (Å²) < 4.78 is 51.8. The molecule has 3 rings (SSSR count). The van der Waals surface area contributed by atoms with Crippen LogP contribution >= 0.6 is 0 Å². The quantitative estimate of drug-likeness (QED) is 0.648. The van der Waals surface area contributed by atoms with Gasteiger partial charge in [-0.2, -0.15) is 0 Å². The molecule has 32 heavy (non-hydrogen) atoms. The number of likely N-dealkylation sites (N-methyl/N-ethyl adjacent to an activating group) is 1. The second-order valence-electron chi connectivity index (χ2n) is 7.92. The predicted octanol–water partition coefficient (Wildman–Crippen LogP) is 2.90. The van der Waals surface area contributed by atoms with Gasteiger partial charge in [-0.3, -0.25) is 9.10 Å². The summed E-state index contributed by atoms with van der Waals surface area (Å²) in [5.41, 5.74) is 1.78. The van der Waals surface area contributed by atoms with Crippen LogP contribution in [0.15, 0.2) is 42.5 Å². The summed E-state index contributed by atoms with van der Waals surface area (Å²) in [4.78, 5) is 16.9. The Labute approximate surface area is 187 Å². The van der Waals surface area contributed by atoms with E-state index in [-0.39, 0.29) is 31.0 Å². The summed E-state index contributed by atoms with van der Waals surface area (Å²) in [7, 11) is -1.62. The Hall–Kier alpha value is -2.72. The second-order valence-corrected chi connectivity index (χ2v) is 9.83. The van der Waals surface area contributed by atoms with Crippen LogP contribution in [0.5, 0.6) is 0 Å². The number of amides is 1. The summed E-state index contributed by atoms with van der Waals surface area (Å²) in [6.45, 7) is 3.90. The molecule has 1 saturated heterocycles. The van der Waals surface area contributed by atoms with Crippen molar-refractivity contribution in [3.63, 3.8) is 0 Å². The number of hydrogen-bond acceptors (Lipinski definition) is 5. The molecule has 0 unspecified atom stereocenters. The fourth-order valence-electron chi connectivity index (χ4n) is 3.55. The first-order chi connectivity index (χ1) is 15.1. The molecule has 0 aromatic heterocycles. The Balaban J connectivity index is 1.52. The number of carbonyl (C=O) groups excluding carboxylic acids is 1. The number of rotatable bonds is 8. The van der Waals surface area contributed by atoms with E-state index >= 15 is 0 Å². The first-order valence-electron chi connectivity index (χ1n) is 10.4. The van der Waals surface area contributed by atoms with Crippen molar-refractivity contribution >= 4 is 33.0 Å². The van der Waals surface area contributed by atoms with Gasteiger partial charge < -0.3 is 15.1 Å². The molecule has 0 spiro atoms. The lowest BCUT2D eigenvalue weighted by Crippen LogP contribution is -2.44. The maximum absolute atomic E-state index is 13.5. The molecular weight excluding hydrogens is 438 g/mol. The molecular formula is C22H28F2N4O3S. The number of piperazine rings is 1. The number of halogens is 2. The Morgan fingerprint density at radius 1 is 1.03 bits per heavy atom. The number of anilines is 3. The van der Waals surface area contributed by atoms with Gasteiger partial charge in [0.05, 0.1) is 11.9 Å². The normalized spacial score (nSPS) is 14.9. The highest BCUT2D eigenvalue weighted by atomic mass is 32.2. The number of nitrogens with zero attached hydrogens (tertiary/aromatic N) is 3. The van der Waals surface area contributed by atoms with Gasteiger partial charge in [0.1, 0.15) is 0 Å². The molecule has 0 saturated carbocycles. The van der Waals surface area contributed by atoms with Gasteiger partial charge >= 0.3 is 0 Å². The summed E-state index contributed by atoms with van der Waals surface area (Å²) >= 11 is 0. The molecule has 1 amide bonds. The van der Waals surface area contributed by atoms with Crippen molar-refractivity contribution in [2.24, 2.45) is 0 Å². The highest BCUT2D eigenvalue weighted by Crippen LogP contribution is 2.22. The monoisotopic (exact) mass is 466 g/mol. The third-order valence-corrected chi connectivity index (χ3v) is 6.57. The molecule has 0 aliphatic carbocycles. The lowest BCUT2D eigenvalue weighted by atomic mass is 10.2. The third kappa shape index (κ3) is 6.39. The van der Waals surface area contributed by atoms with E-state index in [4.69, 9.17) is 0 Å². The fraction of sp³-hybridized carbons (Fsp3) is 0.409. The van der Waals surface area contributed by atoms with Crippen LogP contribution in [-0.4, -0.2) is 65.3 Å². The number of benzene rings is 2. The Kier molecular flexibility index (Phi) is 7.68. The highest BCUT2D eigenvalue weighted by Gasteiger charge is 2.19. The van der Waals surface area contributed by atoms with Gasteiger partial charge in [0.25, 0.3) is 0 Å². The van der Waals surface area contributed by atoms with Crippen molar-refractivity contribution in [3.05, 3.63) is 54.1 Å². The molecule has 1 aliphatic rings. The molecule has 0 bridgehead atoms. The van der Waals surface area contributed by atoms with E-state index in [0.717, 1.165) is 54.6 Å². The van der Waals surface area contributed by atoms with Gasteiger partial charge in [0, 0.05) is 56.6 Å². The van der Waals surface area contributed by atoms with Gasteiger partial charge in [0.15, 0.2) is 11.6 Å². The number of nitrogens with one attached hydrogen (secondary N) is 1. The topological polar surface area (TPSA) is 73.0 Å². The van der Waals surface area contributed by atoms with E-state index < -0.39 is 21.7 Å². The highest BCUT2D eigenvalue weighted by molar-refractivity contribution is 7.92. The van der Waals surface area contributed by atoms with Gasteiger partial charge in [-0.15, -0.1) is 0 Å². The molecule has 2 aromatic carbocycles. The van der Waals surface area contributed by atoms with Crippen LogP contribution in [0.3, 0.4) is 0 Å². The Morgan fingerprint density at radius 2 is 1.69 bits per heavy atom. The number of hydrogen-bond donors (Lipinski definition) is 1. The van der Waals surface area contributed by atoms with Crippen molar-refractivity contribution in [2.75, 3.05) is 60.5 Å². The standard InChI is InChI=1S/C22H28F2N4O3S/c1-26-12-14-27(15-13-26)18-7-5-17(6-8-18)25-22(29)4-3-11-28(32(2,30)31)19-9-10-20(23)21(24)16-19/h5-10,16H,3-4,11-15H2,1-2H3,(H,25,29).